The Morgan fingerprint density at radius 2 is 2.00 bits per heavy atom. The highest BCUT2D eigenvalue weighted by Gasteiger charge is 2.22. The van der Waals surface area contributed by atoms with E-state index in [1.807, 2.05) is 30.7 Å². The summed E-state index contributed by atoms with van der Waals surface area (Å²) in [4.78, 5) is 24.1. The number of hydrogen-bond acceptors (Lipinski definition) is 6. The first kappa shape index (κ1) is 20.6. The molecule has 0 amide bonds. The quantitative estimate of drug-likeness (QED) is 0.410. The fourth-order valence-electron chi connectivity index (χ4n) is 3.37. The fourth-order valence-corrected chi connectivity index (χ4v) is 4.13. The summed E-state index contributed by atoms with van der Waals surface area (Å²) in [6.45, 7) is 1.63. The van der Waals surface area contributed by atoms with Crippen molar-refractivity contribution in [1.29, 1.82) is 0 Å². The Hall–Kier alpha value is -2.13. The van der Waals surface area contributed by atoms with Gasteiger partial charge in [0.15, 0.2) is 0 Å². The lowest BCUT2D eigenvalue weighted by molar-refractivity contribution is 0.0374. The zero-order valence-electron chi connectivity index (χ0n) is 15.8. The number of rotatable bonds is 10. The Balaban J connectivity index is 1.86. The number of benzene rings is 1. The van der Waals surface area contributed by atoms with Crippen LogP contribution in [0.1, 0.15) is 11.1 Å². The average Bonchev–Trinajstić information content (AvgIpc) is 3.12. The minimum Gasteiger partial charge on any atom is -0.394 e. The van der Waals surface area contributed by atoms with Crippen LogP contribution in [0.2, 0.25) is 0 Å². The number of aliphatic hydroxyl groups excluding tert-OH is 2. The molecule has 8 heteroatoms. The van der Waals surface area contributed by atoms with Gasteiger partial charge in [-0.3, -0.25) is 9.69 Å². The molecule has 0 radical (unpaired) electrons. The van der Waals surface area contributed by atoms with E-state index in [9.17, 15) is 15.0 Å². The SMILES string of the molecule is CSC[C@@H](CN(Cc1ccccc1)Cc1c[nH]c2c(=O)[nH]cnc12)[C@H](O)CO. The van der Waals surface area contributed by atoms with Crippen molar-refractivity contribution >= 4 is 22.8 Å². The van der Waals surface area contributed by atoms with Gasteiger partial charge in [-0.1, -0.05) is 30.3 Å². The molecule has 1 aromatic carbocycles. The topological polar surface area (TPSA) is 105 Å². The van der Waals surface area contributed by atoms with Crippen LogP contribution in [0.4, 0.5) is 0 Å². The van der Waals surface area contributed by atoms with Gasteiger partial charge in [0.05, 0.1) is 24.6 Å². The number of H-pyrrole nitrogens is 2. The predicted octanol–water partition coefficient (Wildman–Crippen LogP) is 1.59. The predicted molar refractivity (Wildman–Crippen MR) is 112 cm³/mol. The van der Waals surface area contributed by atoms with E-state index in [-0.39, 0.29) is 18.1 Å². The maximum Gasteiger partial charge on any atom is 0.275 e. The van der Waals surface area contributed by atoms with Gasteiger partial charge in [0.25, 0.3) is 5.56 Å². The van der Waals surface area contributed by atoms with Gasteiger partial charge in [0.2, 0.25) is 0 Å². The van der Waals surface area contributed by atoms with Gasteiger partial charge in [-0.15, -0.1) is 0 Å². The van der Waals surface area contributed by atoms with Gasteiger partial charge in [-0.25, -0.2) is 4.98 Å². The third kappa shape index (κ3) is 5.02. The molecule has 0 saturated carbocycles. The van der Waals surface area contributed by atoms with Crippen LogP contribution >= 0.6 is 11.8 Å². The smallest absolute Gasteiger partial charge is 0.275 e. The standard InChI is InChI=1S/C20H26N4O3S/c1-28-12-16(17(26)11-25)10-24(8-14-5-3-2-4-6-14)9-15-7-21-19-18(15)22-13-23-20(19)27/h2-7,13,16-17,21,25-26H,8-12H2,1H3,(H,22,23,27)/t16-,17-/m1/s1. The van der Waals surface area contributed by atoms with E-state index in [1.165, 1.54) is 6.33 Å². The largest absolute Gasteiger partial charge is 0.394 e. The summed E-state index contributed by atoms with van der Waals surface area (Å²) in [7, 11) is 0. The summed E-state index contributed by atoms with van der Waals surface area (Å²) in [6.07, 6.45) is 4.45. The molecule has 0 aliphatic heterocycles. The second-order valence-electron chi connectivity index (χ2n) is 6.89. The summed E-state index contributed by atoms with van der Waals surface area (Å²) < 4.78 is 0. The van der Waals surface area contributed by atoms with Gasteiger partial charge in [0, 0.05) is 37.3 Å². The van der Waals surface area contributed by atoms with Crippen molar-refractivity contribution in [2.45, 2.75) is 19.2 Å². The molecule has 0 fully saturated rings. The monoisotopic (exact) mass is 402 g/mol. The van der Waals surface area contributed by atoms with Crippen molar-refractivity contribution in [2.75, 3.05) is 25.2 Å². The summed E-state index contributed by atoms with van der Waals surface area (Å²) in [6, 6.07) is 10.1. The Morgan fingerprint density at radius 1 is 1.21 bits per heavy atom. The van der Waals surface area contributed by atoms with Crippen LogP contribution in [-0.2, 0) is 13.1 Å². The molecule has 0 bridgehead atoms. The lowest BCUT2D eigenvalue weighted by Gasteiger charge is -2.29. The Bertz CT molecular complexity index is 928. The van der Waals surface area contributed by atoms with Gasteiger partial charge < -0.3 is 20.2 Å². The highest BCUT2D eigenvalue weighted by atomic mass is 32.2. The van der Waals surface area contributed by atoms with Crippen molar-refractivity contribution in [3.05, 3.63) is 64.3 Å². The van der Waals surface area contributed by atoms with Gasteiger partial charge >= 0.3 is 0 Å². The molecular formula is C20H26N4O3S. The van der Waals surface area contributed by atoms with E-state index in [4.69, 9.17) is 0 Å². The number of aromatic amines is 2. The van der Waals surface area contributed by atoms with Crippen molar-refractivity contribution in [1.82, 2.24) is 19.9 Å². The zero-order valence-corrected chi connectivity index (χ0v) is 16.7. The molecule has 0 aliphatic carbocycles. The molecule has 2 heterocycles. The minimum atomic E-state index is -0.769. The first-order valence-electron chi connectivity index (χ1n) is 9.20. The van der Waals surface area contributed by atoms with Gasteiger partial charge in [-0.05, 0) is 17.6 Å². The lowest BCUT2D eigenvalue weighted by Crippen LogP contribution is -2.37. The molecule has 7 nitrogen and oxygen atoms in total. The van der Waals surface area contributed by atoms with Crippen molar-refractivity contribution in [3.63, 3.8) is 0 Å². The third-order valence-electron chi connectivity index (χ3n) is 4.80. The number of fused-ring (bicyclic) bond motifs is 1. The van der Waals surface area contributed by atoms with Crippen LogP contribution in [0.15, 0.2) is 47.7 Å². The number of aromatic nitrogens is 3. The number of nitrogens with zero attached hydrogens (tertiary/aromatic N) is 2. The Kier molecular flexibility index (Phi) is 7.27. The summed E-state index contributed by atoms with van der Waals surface area (Å²) in [5.41, 5.74) is 3.02. The van der Waals surface area contributed by atoms with Crippen LogP contribution < -0.4 is 5.56 Å². The maximum absolute atomic E-state index is 12.0. The van der Waals surface area contributed by atoms with E-state index in [1.54, 1.807) is 11.8 Å². The molecule has 0 saturated heterocycles. The fraction of sp³-hybridized carbons (Fsp3) is 0.400. The first-order valence-corrected chi connectivity index (χ1v) is 10.6. The average molecular weight is 403 g/mol. The summed E-state index contributed by atoms with van der Waals surface area (Å²) in [5, 5.41) is 19.7. The van der Waals surface area contributed by atoms with E-state index < -0.39 is 6.10 Å². The summed E-state index contributed by atoms with van der Waals surface area (Å²) in [5.74, 6) is 0.684. The van der Waals surface area contributed by atoms with E-state index >= 15 is 0 Å². The van der Waals surface area contributed by atoms with E-state index in [0.29, 0.717) is 30.7 Å². The highest BCUT2D eigenvalue weighted by molar-refractivity contribution is 7.98. The molecular weight excluding hydrogens is 376 g/mol. The number of thioether (sulfide) groups is 1. The van der Waals surface area contributed by atoms with Gasteiger partial charge in [-0.2, -0.15) is 11.8 Å². The normalized spacial score (nSPS) is 13.9. The third-order valence-corrected chi connectivity index (χ3v) is 5.56. The number of nitrogens with one attached hydrogen (secondary N) is 2. The summed E-state index contributed by atoms with van der Waals surface area (Å²) >= 11 is 1.65. The molecule has 3 rings (SSSR count). The molecule has 3 aromatic rings. The first-order chi connectivity index (χ1) is 13.6. The van der Waals surface area contributed by atoms with Crippen LogP contribution in [-0.4, -0.2) is 61.3 Å². The van der Waals surface area contributed by atoms with E-state index in [2.05, 4.69) is 32.0 Å². The molecule has 4 N–H and O–H groups in total. The number of hydrogen-bond donors (Lipinski definition) is 4. The second kappa shape index (κ2) is 9.88. The zero-order chi connectivity index (χ0) is 19.9. The molecule has 2 aromatic heterocycles. The van der Waals surface area contributed by atoms with Gasteiger partial charge in [0.1, 0.15) is 5.52 Å². The lowest BCUT2D eigenvalue weighted by atomic mass is 10.0. The van der Waals surface area contributed by atoms with Crippen LogP contribution in [0.25, 0.3) is 11.0 Å². The highest BCUT2D eigenvalue weighted by Crippen LogP contribution is 2.20. The molecule has 28 heavy (non-hydrogen) atoms. The van der Waals surface area contributed by atoms with Crippen molar-refractivity contribution < 1.29 is 10.2 Å². The Morgan fingerprint density at radius 3 is 2.71 bits per heavy atom. The van der Waals surface area contributed by atoms with Crippen molar-refractivity contribution in [3.8, 4) is 0 Å². The van der Waals surface area contributed by atoms with E-state index in [0.717, 1.165) is 16.9 Å². The molecule has 2 atom stereocenters. The van der Waals surface area contributed by atoms with Crippen LogP contribution in [0, 0.1) is 5.92 Å². The molecule has 0 unspecified atom stereocenters. The van der Waals surface area contributed by atoms with Crippen LogP contribution in [0.5, 0.6) is 0 Å². The molecule has 0 spiro atoms. The van der Waals surface area contributed by atoms with Crippen molar-refractivity contribution in [2.24, 2.45) is 5.92 Å². The molecule has 150 valence electrons. The maximum atomic E-state index is 12.0. The minimum absolute atomic E-state index is 0.0646. The molecule has 0 aliphatic rings. The second-order valence-corrected chi connectivity index (χ2v) is 7.80. The Labute approximate surface area is 167 Å². The number of aliphatic hydroxyl groups is 2. The van der Waals surface area contributed by atoms with Crippen LogP contribution in [0.3, 0.4) is 0 Å².